The highest BCUT2D eigenvalue weighted by atomic mass is 32.2. The number of carbonyl (C=O) groups is 1. The summed E-state index contributed by atoms with van der Waals surface area (Å²) in [5.41, 5.74) is 2.46. The number of sulfonamides is 1. The quantitative estimate of drug-likeness (QED) is 0.0966. The Hall–Kier alpha value is -4.78. The van der Waals surface area contributed by atoms with E-state index in [0.29, 0.717) is 25.2 Å². The van der Waals surface area contributed by atoms with Crippen LogP contribution < -0.4 is 10.0 Å². The average Bonchev–Trinajstić information content (AvgIpc) is 3.08. The molecule has 49 heavy (non-hydrogen) atoms. The maximum absolute atomic E-state index is 13.6. The van der Waals surface area contributed by atoms with Crippen LogP contribution in [0.2, 0.25) is 0 Å². The molecule has 1 amide bonds. The highest BCUT2D eigenvalue weighted by Gasteiger charge is 2.24. The second kappa shape index (κ2) is 17.6. The molecule has 4 aromatic carbocycles. The van der Waals surface area contributed by atoms with Crippen molar-refractivity contribution in [1.82, 2.24) is 14.7 Å². The van der Waals surface area contributed by atoms with Crippen molar-refractivity contribution in [3.05, 3.63) is 130 Å². The number of nitro benzene ring substituents is 1. The van der Waals surface area contributed by atoms with Gasteiger partial charge >= 0.3 is 0 Å². The topological polar surface area (TPSA) is 128 Å². The van der Waals surface area contributed by atoms with Crippen molar-refractivity contribution < 1.29 is 18.1 Å². The molecule has 0 aromatic heterocycles. The molecule has 0 saturated heterocycles. The Bertz CT molecular complexity index is 1730. The van der Waals surface area contributed by atoms with Gasteiger partial charge < -0.3 is 20.0 Å². The Kier molecular flexibility index (Phi) is 13.3. The van der Waals surface area contributed by atoms with E-state index in [9.17, 15) is 23.3 Å². The van der Waals surface area contributed by atoms with Gasteiger partial charge in [-0.1, -0.05) is 66.7 Å². The lowest BCUT2D eigenvalue weighted by Gasteiger charge is -2.24. The minimum absolute atomic E-state index is 0.0982. The summed E-state index contributed by atoms with van der Waals surface area (Å²) in [6.45, 7) is 3.15. The van der Waals surface area contributed by atoms with Gasteiger partial charge in [-0.25, -0.2) is 8.42 Å². The number of hydrogen-bond donors (Lipinski definition) is 2. The summed E-state index contributed by atoms with van der Waals surface area (Å²) >= 11 is 0. The van der Waals surface area contributed by atoms with Gasteiger partial charge in [0, 0.05) is 42.9 Å². The molecule has 4 aromatic rings. The number of hydrogen-bond acceptors (Lipinski definition) is 8. The number of nitrogens with zero attached hydrogens (tertiary/aromatic N) is 4. The molecule has 11 nitrogen and oxygen atoms in total. The molecule has 0 atom stereocenters. The van der Waals surface area contributed by atoms with E-state index in [4.69, 9.17) is 0 Å². The summed E-state index contributed by atoms with van der Waals surface area (Å²) in [6.07, 6.45) is 1.60. The molecule has 0 unspecified atom stereocenters. The Morgan fingerprint density at radius 3 is 1.86 bits per heavy atom. The molecule has 0 aliphatic rings. The van der Waals surface area contributed by atoms with Crippen LogP contribution in [0.1, 0.15) is 40.2 Å². The lowest BCUT2D eigenvalue weighted by atomic mass is 9.91. The smallest absolute Gasteiger partial charge is 0.293 e. The van der Waals surface area contributed by atoms with Crippen LogP contribution in [0.3, 0.4) is 0 Å². The van der Waals surface area contributed by atoms with Crippen molar-refractivity contribution in [1.29, 1.82) is 0 Å². The summed E-state index contributed by atoms with van der Waals surface area (Å²) in [6, 6.07) is 29.8. The fraction of sp³-hybridized carbons (Fsp3) is 0.324. The fourth-order valence-corrected chi connectivity index (χ4v) is 6.64. The van der Waals surface area contributed by atoms with E-state index >= 15 is 0 Å². The molecule has 0 saturated carbocycles. The van der Waals surface area contributed by atoms with Crippen LogP contribution >= 0.6 is 0 Å². The van der Waals surface area contributed by atoms with E-state index < -0.39 is 14.9 Å². The molecular weight excluding hydrogens is 641 g/mol. The zero-order chi connectivity index (χ0) is 35.4. The number of nitrogens with one attached hydrogen (secondary N) is 2. The van der Waals surface area contributed by atoms with Crippen molar-refractivity contribution in [3.63, 3.8) is 0 Å². The van der Waals surface area contributed by atoms with Gasteiger partial charge in [0.1, 0.15) is 5.69 Å². The van der Waals surface area contributed by atoms with Gasteiger partial charge in [0.25, 0.3) is 21.6 Å². The molecule has 0 heterocycles. The lowest BCUT2D eigenvalue weighted by Crippen LogP contribution is -2.35. The van der Waals surface area contributed by atoms with Crippen LogP contribution in [-0.2, 0) is 10.0 Å². The number of amides is 1. The maximum atomic E-state index is 13.6. The summed E-state index contributed by atoms with van der Waals surface area (Å²) < 4.78 is 29.5. The van der Waals surface area contributed by atoms with Crippen LogP contribution in [0, 0.1) is 10.1 Å². The normalized spacial score (nSPS) is 11.6. The standard InChI is InChI=1S/C37H46N6O5S/c1-40(2)22-12-24-42(25-13-23-41(3)4)37(44)31-18-11-19-32(26-31)39-49(47,48)33-20-21-35(36(27-33)43(45)46)38-28-34(29-14-7-5-8-15-29)30-16-9-6-10-17-30/h5-11,14-21,26-27,34,38-39H,12-13,22-25,28H2,1-4H3. The number of anilines is 2. The Balaban J connectivity index is 1.52. The lowest BCUT2D eigenvalue weighted by molar-refractivity contribution is -0.384. The molecule has 0 bridgehead atoms. The van der Waals surface area contributed by atoms with Gasteiger partial charge in [-0.3, -0.25) is 19.6 Å². The van der Waals surface area contributed by atoms with E-state index in [2.05, 4.69) is 19.8 Å². The van der Waals surface area contributed by atoms with Gasteiger partial charge in [0.15, 0.2) is 0 Å². The predicted octanol–water partition coefficient (Wildman–Crippen LogP) is 5.99. The van der Waals surface area contributed by atoms with E-state index in [0.717, 1.165) is 43.1 Å². The first-order valence-electron chi connectivity index (χ1n) is 16.3. The molecule has 260 valence electrons. The zero-order valence-corrected chi connectivity index (χ0v) is 29.4. The van der Waals surface area contributed by atoms with Crippen molar-refractivity contribution in [2.24, 2.45) is 0 Å². The minimum Gasteiger partial charge on any atom is -0.379 e. The Morgan fingerprint density at radius 1 is 0.755 bits per heavy atom. The monoisotopic (exact) mass is 686 g/mol. The summed E-state index contributed by atoms with van der Waals surface area (Å²) in [7, 11) is 3.71. The number of nitro groups is 1. The van der Waals surface area contributed by atoms with Crippen molar-refractivity contribution in [2.45, 2.75) is 23.7 Å². The van der Waals surface area contributed by atoms with Crippen LogP contribution in [0.25, 0.3) is 0 Å². The largest absolute Gasteiger partial charge is 0.379 e. The summed E-state index contributed by atoms with van der Waals surface area (Å²) in [5.74, 6) is -0.284. The number of rotatable bonds is 18. The second-order valence-corrected chi connectivity index (χ2v) is 14.2. The van der Waals surface area contributed by atoms with Gasteiger partial charge in [-0.05, 0) is 95.6 Å². The number of benzene rings is 4. The van der Waals surface area contributed by atoms with Gasteiger partial charge in [0.2, 0.25) is 0 Å². The molecule has 12 heteroatoms. The van der Waals surface area contributed by atoms with E-state index in [1.54, 1.807) is 23.1 Å². The van der Waals surface area contributed by atoms with Crippen LogP contribution in [0.15, 0.2) is 108 Å². The summed E-state index contributed by atoms with van der Waals surface area (Å²) in [4.78, 5) is 30.8. The van der Waals surface area contributed by atoms with E-state index in [1.165, 1.54) is 18.2 Å². The van der Waals surface area contributed by atoms with Crippen molar-refractivity contribution >= 4 is 33.0 Å². The maximum Gasteiger partial charge on any atom is 0.293 e. The molecule has 2 N–H and O–H groups in total. The van der Waals surface area contributed by atoms with E-state index in [-0.39, 0.29) is 33.8 Å². The minimum atomic E-state index is -4.23. The molecule has 0 fully saturated rings. The molecule has 0 spiro atoms. The zero-order valence-electron chi connectivity index (χ0n) is 28.6. The third-order valence-electron chi connectivity index (χ3n) is 8.09. The molecule has 0 aliphatic carbocycles. The van der Waals surface area contributed by atoms with Crippen LogP contribution in [-0.4, -0.2) is 94.9 Å². The first-order chi connectivity index (χ1) is 23.4. The van der Waals surface area contributed by atoms with Gasteiger partial charge in [0.05, 0.1) is 9.82 Å². The summed E-state index contributed by atoms with van der Waals surface area (Å²) in [5, 5.41) is 15.3. The molecule has 0 aliphatic heterocycles. The highest BCUT2D eigenvalue weighted by Crippen LogP contribution is 2.31. The van der Waals surface area contributed by atoms with Gasteiger partial charge in [-0.15, -0.1) is 0 Å². The fourth-order valence-electron chi connectivity index (χ4n) is 5.57. The Morgan fingerprint density at radius 2 is 1.33 bits per heavy atom. The molecular formula is C37H46N6O5S. The van der Waals surface area contributed by atoms with Gasteiger partial charge in [-0.2, -0.15) is 0 Å². The third kappa shape index (κ3) is 10.9. The van der Waals surface area contributed by atoms with Crippen molar-refractivity contribution in [3.8, 4) is 0 Å². The van der Waals surface area contributed by atoms with Crippen LogP contribution in [0.5, 0.6) is 0 Å². The third-order valence-corrected chi connectivity index (χ3v) is 9.47. The van der Waals surface area contributed by atoms with Crippen LogP contribution in [0.4, 0.5) is 17.1 Å². The SMILES string of the molecule is CN(C)CCCN(CCCN(C)C)C(=O)c1cccc(NS(=O)(=O)c2ccc(NCC(c3ccccc3)c3ccccc3)c([N+](=O)[O-])c2)c1. The second-order valence-electron chi connectivity index (χ2n) is 12.5. The highest BCUT2D eigenvalue weighted by molar-refractivity contribution is 7.92. The van der Waals surface area contributed by atoms with E-state index in [1.807, 2.05) is 88.9 Å². The molecule has 0 radical (unpaired) electrons. The average molecular weight is 687 g/mol. The molecule has 4 rings (SSSR count). The number of carbonyl (C=O) groups excluding carboxylic acids is 1. The Labute approximate surface area is 289 Å². The first-order valence-corrected chi connectivity index (χ1v) is 17.8. The first kappa shape index (κ1) is 37.0. The predicted molar refractivity (Wildman–Crippen MR) is 196 cm³/mol. The van der Waals surface area contributed by atoms with Crippen molar-refractivity contribution in [2.75, 3.05) is 71.0 Å².